The number of fused-ring (bicyclic) bond motifs is 1. The number of aromatic nitrogens is 1. The first-order chi connectivity index (χ1) is 15.5. The van der Waals surface area contributed by atoms with Crippen molar-refractivity contribution in [3.8, 4) is 17.6 Å². The fourth-order valence-corrected chi connectivity index (χ4v) is 4.00. The summed E-state index contributed by atoms with van der Waals surface area (Å²) in [6.45, 7) is 1.52. The van der Waals surface area contributed by atoms with Crippen LogP contribution in [0.25, 0.3) is 10.9 Å². The van der Waals surface area contributed by atoms with E-state index in [9.17, 15) is 15.4 Å². The molecular weight excluding hydrogens is 410 g/mol. The minimum absolute atomic E-state index is 0.0560. The summed E-state index contributed by atoms with van der Waals surface area (Å²) >= 11 is 0. The zero-order chi connectivity index (χ0) is 22.7. The van der Waals surface area contributed by atoms with E-state index in [1.165, 1.54) is 12.1 Å². The number of nitro benzene ring substituents is 1. The maximum absolute atomic E-state index is 11.1. The third-order valence-electron chi connectivity index (χ3n) is 5.58. The van der Waals surface area contributed by atoms with E-state index in [0.717, 1.165) is 25.1 Å². The molecule has 1 aliphatic heterocycles. The van der Waals surface area contributed by atoms with Gasteiger partial charge in [-0.05, 0) is 25.0 Å². The lowest BCUT2D eigenvalue weighted by Gasteiger charge is -2.34. The van der Waals surface area contributed by atoms with Gasteiger partial charge in [-0.2, -0.15) is 5.26 Å². The number of ether oxygens (including phenoxy) is 2. The molecule has 4 rings (SSSR count). The van der Waals surface area contributed by atoms with Crippen molar-refractivity contribution in [2.24, 2.45) is 0 Å². The number of pyridine rings is 1. The molecule has 0 spiro atoms. The molecular formula is C23H23N5O4. The van der Waals surface area contributed by atoms with Gasteiger partial charge >= 0.3 is 0 Å². The quantitative estimate of drug-likeness (QED) is 0.456. The Morgan fingerprint density at radius 3 is 2.59 bits per heavy atom. The first kappa shape index (κ1) is 21.2. The summed E-state index contributed by atoms with van der Waals surface area (Å²) in [5.41, 5.74) is 1.79. The van der Waals surface area contributed by atoms with Crippen LogP contribution in [0.5, 0.6) is 11.5 Å². The SMILES string of the molecule is COc1cc(NC2CCCN(c3cc(C#N)c4cc([N+](=O)[O-])ccc4n3)C2)cc(OC)c1. The predicted octanol–water partition coefficient (Wildman–Crippen LogP) is 4.11. The Bertz CT molecular complexity index is 1180. The Hall–Kier alpha value is -4.06. The van der Waals surface area contributed by atoms with Crippen LogP contribution >= 0.6 is 0 Å². The van der Waals surface area contributed by atoms with Crippen molar-refractivity contribution in [3.05, 3.63) is 58.1 Å². The molecule has 164 valence electrons. The molecule has 1 aliphatic rings. The second kappa shape index (κ2) is 8.98. The first-order valence-corrected chi connectivity index (χ1v) is 10.2. The summed E-state index contributed by atoms with van der Waals surface area (Å²) in [4.78, 5) is 17.5. The summed E-state index contributed by atoms with van der Waals surface area (Å²) in [6, 6.07) is 14.1. The van der Waals surface area contributed by atoms with Gasteiger partial charge in [-0.3, -0.25) is 10.1 Å². The molecule has 0 saturated carbocycles. The van der Waals surface area contributed by atoms with Crippen LogP contribution in [0, 0.1) is 21.4 Å². The fraction of sp³-hybridized carbons (Fsp3) is 0.304. The smallest absolute Gasteiger partial charge is 0.270 e. The highest BCUT2D eigenvalue weighted by Crippen LogP contribution is 2.30. The number of anilines is 2. The number of benzene rings is 2. The third-order valence-corrected chi connectivity index (χ3v) is 5.58. The van der Waals surface area contributed by atoms with Crippen molar-refractivity contribution in [2.75, 3.05) is 37.5 Å². The van der Waals surface area contributed by atoms with Gasteiger partial charge in [0.15, 0.2) is 0 Å². The van der Waals surface area contributed by atoms with Crippen molar-refractivity contribution in [3.63, 3.8) is 0 Å². The van der Waals surface area contributed by atoms with Crippen molar-refractivity contribution in [1.29, 1.82) is 5.26 Å². The lowest BCUT2D eigenvalue weighted by Crippen LogP contribution is -2.42. The molecule has 1 fully saturated rings. The van der Waals surface area contributed by atoms with Gasteiger partial charge in [0.05, 0.1) is 36.3 Å². The Balaban J connectivity index is 1.59. The zero-order valence-electron chi connectivity index (χ0n) is 17.9. The van der Waals surface area contributed by atoms with E-state index >= 15 is 0 Å². The second-order valence-electron chi connectivity index (χ2n) is 7.63. The molecule has 2 heterocycles. The molecule has 1 N–H and O–H groups in total. The summed E-state index contributed by atoms with van der Waals surface area (Å²) in [6.07, 6.45) is 1.95. The van der Waals surface area contributed by atoms with Crippen LogP contribution in [0.1, 0.15) is 18.4 Å². The highest BCUT2D eigenvalue weighted by Gasteiger charge is 2.23. The van der Waals surface area contributed by atoms with E-state index in [2.05, 4.69) is 21.3 Å². The number of hydrogen-bond acceptors (Lipinski definition) is 8. The molecule has 2 aromatic carbocycles. The number of piperidine rings is 1. The Labute approximate surface area is 185 Å². The van der Waals surface area contributed by atoms with Crippen LogP contribution in [0.3, 0.4) is 0 Å². The molecule has 0 aliphatic carbocycles. The number of methoxy groups -OCH3 is 2. The highest BCUT2D eigenvalue weighted by molar-refractivity contribution is 5.88. The van der Waals surface area contributed by atoms with Crippen LogP contribution < -0.4 is 19.7 Å². The predicted molar refractivity (Wildman–Crippen MR) is 122 cm³/mol. The lowest BCUT2D eigenvalue weighted by atomic mass is 10.0. The average Bonchev–Trinajstić information content (AvgIpc) is 2.82. The molecule has 1 unspecified atom stereocenters. The van der Waals surface area contributed by atoms with Crippen molar-refractivity contribution >= 4 is 28.1 Å². The topological polar surface area (TPSA) is 114 Å². The Morgan fingerprint density at radius 2 is 1.94 bits per heavy atom. The molecule has 1 aromatic heterocycles. The van der Waals surface area contributed by atoms with Gasteiger partial charge in [0, 0.05) is 60.5 Å². The van der Waals surface area contributed by atoms with Gasteiger partial charge < -0.3 is 19.7 Å². The van der Waals surface area contributed by atoms with Crippen LogP contribution in [0.15, 0.2) is 42.5 Å². The Kier molecular flexibility index (Phi) is 5.94. The number of non-ortho nitro benzene ring substituents is 1. The van der Waals surface area contributed by atoms with Crippen LogP contribution in [0.4, 0.5) is 17.2 Å². The highest BCUT2D eigenvalue weighted by atomic mass is 16.6. The monoisotopic (exact) mass is 433 g/mol. The number of nitriles is 1. The number of rotatable bonds is 6. The van der Waals surface area contributed by atoms with Crippen LogP contribution in [0.2, 0.25) is 0 Å². The summed E-state index contributed by atoms with van der Waals surface area (Å²) in [5.74, 6) is 2.12. The van der Waals surface area contributed by atoms with Crippen LogP contribution in [-0.4, -0.2) is 43.3 Å². The molecule has 1 saturated heterocycles. The van der Waals surface area contributed by atoms with E-state index in [0.29, 0.717) is 40.3 Å². The van der Waals surface area contributed by atoms with Gasteiger partial charge in [-0.1, -0.05) is 0 Å². The average molecular weight is 433 g/mol. The van der Waals surface area contributed by atoms with Crippen molar-refractivity contribution in [2.45, 2.75) is 18.9 Å². The maximum atomic E-state index is 11.1. The summed E-state index contributed by atoms with van der Waals surface area (Å²) < 4.78 is 10.7. The van der Waals surface area contributed by atoms with Gasteiger partial charge in [-0.25, -0.2) is 4.98 Å². The molecule has 1 atom stereocenters. The van der Waals surface area contributed by atoms with E-state index < -0.39 is 4.92 Å². The summed E-state index contributed by atoms with van der Waals surface area (Å²) in [7, 11) is 3.24. The van der Waals surface area contributed by atoms with Gasteiger partial charge in [0.25, 0.3) is 5.69 Å². The number of nitrogens with zero attached hydrogens (tertiary/aromatic N) is 4. The largest absolute Gasteiger partial charge is 0.497 e. The first-order valence-electron chi connectivity index (χ1n) is 10.2. The standard InChI is InChI=1S/C23H23N5O4/c1-31-19-9-17(10-20(12-19)32-2)25-16-4-3-7-27(14-16)23-8-15(13-24)21-11-18(28(29)30)5-6-22(21)26-23/h5-6,8-12,16,25H,3-4,7,14H2,1-2H3. The zero-order valence-corrected chi connectivity index (χ0v) is 17.9. The summed E-state index contributed by atoms with van der Waals surface area (Å²) in [5, 5.41) is 24.8. The van der Waals surface area contributed by atoms with Crippen molar-refractivity contribution in [1.82, 2.24) is 4.98 Å². The van der Waals surface area contributed by atoms with E-state index in [1.807, 2.05) is 18.2 Å². The minimum atomic E-state index is -0.469. The fourth-order valence-electron chi connectivity index (χ4n) is 4.00. The minimum Gasteiger partial charge on any atom is -0.497 e. The van der Waals surface area contributed by atoms with Gasteiger partial charge in [0.1, 0.15) is 17.3 Å². The molecule has 9 nitrogen and oxygen atoms in total. The molecule has 0 radical (unpaired) electrons. The molecule has 0 bridgehead atoms. The molecule has 0 amide bonds. The third kappa shape index (κ3) is 4.34. The number of nitrogens with one attached hydrogen (secondary N) is 1. The van der Waals surface area contributed by atoms with Gasteiger partial charge in [-0.15, -0.1) is 0 Å². The lowest BCUT2D eigenvalue weighted by molar-refractivity contribution is -0.384. The number of hydrogen-bond donors (Lipinski definition) is 1. The van der Waals surface area contributed by atoms with E-state index in [1.54, 1.807) is 26.4 Å². The van der Waals surface area contributed by atoms with E-state index in [-0.39, 0.29) is 11.7 Å². The normalized spacial score (nSPS) is 15.8. The number of nitro groups is 1. The molecule has 32 heavy (non-hydrogen) atoms. The Morgan fingerprint density at radius 1 is 1.19 bits per heavy atom. The van der Waals surface area contributed by atoms with Gasteiger partial charge in [0.2, 0.25) is 0 Å². The molecule has 3 aromatic rings. The van der Waals surface area contributed by atoms with Crippen LogP contribution in [-0.2, 0) is 0 Å². The van der Waals surface area contributed by atoms with Crippen molar-refractivity contribution < 1.29 is 14.4 Å². The molecule has 9 heteroatoms. The van der Waals surface area contributed by atoms with E-state index in [4.69, 9.17) is 9.47 Å². The second-order valence-corrected chi connectivity index (χ2v) is 7.63. The maximum Gasteiger partial charge on any atom is 0.270 e.